The fourth-order valence-electron chi connectivity index (χ4n) is 4.43. The molecule has 1 aliphatic carbocycles. The SMILES string of the molecule is CC1CN2CCCC2CN1C(=O)[C@@H]1CCCC[C@@H]1C(=O)O. The van der Waals surface area contributed by atoms with Gasteiger partial charge in [0.25, 0.3) is 0 Å². The molecule has 2 saturated heterocycles. The van der Waals surface area contributed by atoms with Crippen LogP contribution in [0.5, 0.6) is 0 Å². The minimum Gasteiger partial charge on any atom is -0.481 e. The van der Waals surface area contributed by atoms with E-state index < -0.39 is 11.9 Å². The number of hydrogen-bond donors (Lipinski definition) is 1. The Labute approximate surface area is 126 Å². The predicted octanol–water partition coefficient (Wildman–Crippen LogP) is 1.57. The fraction of sp³-hybridized carbons (Fsp3) is 0.875. The summed E-state index contributed by atoms with van der Waals surface area (Å²) < 4.78 is 0. The number of amides is 1. The van der Waals surface area contributed by atoms with Gasteiger partial charge in [-0.25, -0.2) is 0 Å². The molecule has 4 atom stereocenters. The van der Waals surface area contributed by atoms with E-state index in [1.165, 1.54) is 12.8 Å². The van der Waals surface area contributed by atoms with Crippen LogP contribution in [0, 0.1) is 11.8 Å². The summed E-state index contributed by atoms with van der Waals surface area (Å²) in [6.45, 7) is 4.99. The van der Waals surface area contributed by atoms with E-state index in [1.54, 1.807) is 0 Å². The minimum atomic E-state index is -0.791. The number of piperazine rings is 1. The standard InChI is InChI=1S/C16H26N2O3/c1-11-9-17-8-4-5-12(17)10-18(11)15(19)13-6-2-3-7-14(13)16(20)21/h11-14H,2-10H2,1H3,(H,20,21)/t11?,12?,13-,14+/m1/s1. The van der Waals surface area contributed by atoms with Gasteiger partial charge in [-0.05, 0) is 39.2 Å². The summed E-state index contributed by atoms with van der Waals surface area (Å²) in [5.74, 6) is -1.46. The van der Waals surface area contributed by atoms with Crippen molar-refractivity contribution >= 4 is 11.9 Å². The molecule has 0 aromatic carbocycles. The largest absolute Gasteiger partial charge is 0.481 e. The summed E-state index contributed by atoms with van der Waals surface area (Å²) in [5.41, 5.74) is 0. The van der Waals surface area contributed by atoms with Crippen molar-refractivity contribution in [2.75, 3.05) is 19.6 Å². The Morgan fingerprint density at radius 1 is 1.00 bits per heavy atom. The van der Waals surface area contributed by atoms with Gasteiger partial charge < -0.3 is 10.0 Å². The molecule has 2 unspecified atom stereocenters. The number of aliphatic carboxylic acids is 1. The van der Waals surface area contributed by atoms with Crippen molar-refractivity contribution in [2.24, 2.45) is 11.8 Å². The van der Waals surface area contributed by atoms with E-state index in [-0.39, 0.29) is 17.9 Å². The van der Waals surface area contributed by atoms with Crippen LogP contribution in [0.15, 0.2) is 0 Å². The molecule has 0 radical (unpaired) electrons. The average molecular weight is 294 g/mol. The molecule has 1 N–H and O–H groups in total. The van der Waals surface area contributed by atoms with Gasteiger partial charge in [0.05, 0.1) is 11.8 Å². The van der Waals surface area contributed by atoms with Crippen LogP contribution < -0.4 is 0 Å². The van der Waals surface area contributed by atoms with E-state index >= 15 is 0 Å². The van der Waals surface area contributed by atoms with Crippen LogP contribution in [0.4, 0.5) is 0 Å². The molecule has 3 aliphatic rings. The van der Waals surface area contributed by atoms with Gasteiger partial charge in [-0.3, -0.25) is 14.5 Å². The Bertz CT molecular complexity index is 426. The average Bonchev–Trinajstić information content (AvgIpc) is 2.92. The van der Waals surface area contributed by atoms with Crippen molar-refractivity contribution in [3.05, 3.63) is 0 Å². The highest BCUT2D eigenvalue weighted by Crippen LogP contribution is 2.34. The van der Waals surface area contributed by atoms with Crippen LogP contribution >= 0.6 is 0 Å². The van der Waals surface area contributed by atoms with E-state index in [0.29, 0.717) is 12.5 Å². The third kappa shape index (κ3) is 2.80. The van der Waals surface area contributed by atoms with Crippen LogP contribution in [0.2, 0.25) is 0 Å². The number of carbonyl (C=O) groups excluding carboxylic acids is 1. The second kappa shape index (κ2) is 5.95. The molecule has 1 amide bonds. The van der Waals surface area contributed by atoms with Crippen molar-refractivity contribution in [2.45, 2.75) is 57.5 Å². The molecule has 3 fully saturated rings. The number of carbonyl (C=O) groups is 2. The molecule has 0 spiro atoms. The number of fused-ring (bicyclic) bond motifs is 1. The van der Waals surface area contributed by atoms with Crippen LogP contribution in [-0.4, -0.2) is 58.5 Å². The monoisotopic (exact) mass is 294 g/mol. The zero-order valence-electron chi connectivity index (χ0n) is 12.8. The van der Waals surface area contributed by atoms with E-state index in [1.807, 2.05) is 4.90 Å². The Morgan fingerprint density at radius 3 is 2.43 bits per heavy atom. The Balaban J connectivity index is 1.72. The van der Waals surface area contributed by atoms with Crippen LogP contribution in [0.3, 0.4) is 0 Å². The van der Waals surface area contributed by atoms with E-state index in [0.717, 1.165) is 38.9 Å². The van der Waals surface area contributed by atoms with Gasteiger partial charge >= 0.3 is 5.97 Å². The second-order valence-corrected chi connectivity index (χ2v) is 6.97. The van der Waals surface area contributed by atoms with Gasteiger partial charge in [0, 0.05) is 25.2 Å². The zero-order valence-corrected chi connectivity index (χ0v) is 12.8. The van der Waals surface area contributed by atoms with Crippen molar-refractivity contribution in [1.82, 2.24) is 9.80 Å². The van der Waals surface area contributed by atoms with Crippen molar-refractivity contribution < 1.29 is 14.7 Å². The maximum absolute atomic E-state index is 12.9. The van der Waals surface area contributed by atoms with Gasteiger partial charge in [-0.1, -0.05) is 12.8 Å². The first-order chi connectivity index (χ1) is 10.1. The molecule has 5 nitrogen and oxygen atoms in total. The summed E-state index contributed by atoms with van der Waals surface area (Å²) in [5, 5.41) is 9.39. The molecule has 3 rings (SSSR count). The molecule has 2 aliphatic heterocycles. The molecule has 5 heteroatoms. The van der Waals surface area contributed by atoms with Crippen LogP contribution in [-0.2, 0) is 9.59 Å². The molecular formula is C16H26N2O3. The van der Waals surface area contributed by atoms with Gasteiger partial charge in [-0.15, -0.1) is 0 Å². The molecule has 0 aromatic heterocycles. The van der Waals surface area contributed by atoms with Gasteiger partial charge in [0.1, 0.15) is 0 Å². The Morgan fingerprint density at radius 2 is 1.71 bits per heavy atom. The van der Waals surface area contributed by atoms with Crippen molar-refractivity contribution in [1.29, 1.82) is 0 Å². The first kappa shape index (κ1) is 14.8. The summed E-state index contributed by atoms with van der Waals surface area (Å²) in [7, 11) is 0. The predicted molar refractivity (Wildman–Crippen MR) is 78.9 cm³/mol. The van der Waals surface area contributed by atoms with Crippen molar-refractivity contribution in [3.63, 3.8) is 0 Å². The first-order valence-corrected chi connectivity index (χ1v) is 8.35. The number of hydrogen-bond acceptors (Lipinski definition) is 3. The quantitative estimate of drug-likeness (QED) is 0.840. The maximum Gasteiger partial charge on any atom is 0.307 e. The van der Waals surface area contributed by atoms with Gasteiger partial charge in [0.15, 0.2) is 0 Å². The summed E-state index contributed by atoms with van der Waals surface area (Å²) >= 11 is 0. The molecular weight excluding hydrogens is 268 g/mol. The van der Waals surface area contributed by atoms with Gasteiger partial charge in [0.2, 0.25) is 5.91 Å². The van der Waals surface area contributed by atoms with Crippen molar-refractivity contribution in [3.8, 4) is 0 Å². The summed E-state index contributed by atoms with van der Waals surface area (Å²) in [6.07, 6.45) is 5.71. The minimum absolute atomic E-state index is 0.0983. The number of rotatable bonds is 2. The van der Waals surface area contributed by atoms with E-state index in [4.69, 9.17) is 0 Å². The smallest absolute Gasteiger partial charge is 0.307 e. The lowest BCUT2D eigenvalue weighted by Crippen LogP contribution is -2.58. The zero-order chi connectivity index (χ0) is 15.0. The van der Waals surface area contributed by atoms with Gasteiger partial charge in [-0.2, -0.15) is 0 Å². The lowest BCUT2D eigenvalue weighted by Gasteiger charge is -2.44. The highest BCUT2D eigenvalue weighted by atomic mass is 16.4. The highest BCUT2D eigenvalue weighted by molar-refractivity contribution is 5.85. The molecule has 0 bridgehead atoms. The van der Waals surface area contributed by atoms with Crippen LogP contribution in [0.25, 0.3) is 0 Å². The normalized spacial score (nSPS) is 37.3. The number of nitrogens with zero attached hydrogens (tertiary/aromatic N) is 2. The second-order valence-electron chi connectivity index (χ2n) is 6.97. The molecule has 118 valence electrons. The highest BCUT2D eigenvalue weighted by Gasteiger charge is 2.42. The third-order valence-electron chi connectivity index (χ3n) is 5.62. The fourth-order valence-corrected chi connectivity index (χ4v) is 4.43. The summed E-state index contributed by atoms with van der Waals surface area (Å²) in [4.78, 5) is 28.8. The topological polar surface area (TPSA) is 60.9 Å². The molecule has 21 heavy (non-hydrogen) atoms. The molecule has 0 aromatic rings. The number of carboxylic acids is 1. The molecule has 2 heterocycles. The van der Waals surface area contributed by atoms with E-state index in [2.05, 4.69) is 11.8 Å². The Hall–Kier alpha value is -1.10. The molecule has 1 saturated carbocycles. The van der Waals surface area contributed by atoms with E-state index in [9.17, 15) is 14.7 Å². The lowest BCUT2D eigenvalue weighted by atomic mass is 9.78. The first-order valence-electron chi connectivity index (χ1n) is 8.35. The summed E-state index contributed by atoms with van der Waals surface area (Å²) in [6, 6.07) is 0.709. The third-order valence-corrected chi connectivity index (χ3v) is 5.62. The Kier molecular flexibility index (Phi) is 4.20. The maximum atomic E-state index is 12.9. The lowest BCUT2D eigenvalue weighted by molar-refractivity contribution is -0.154. The van der Waals surface area contributed by atoms with Crippen LogP contribution in [0.1, 0.15) is 45.4 Å². The number of carboxylic acid groups (broad SMARTS) is 1.